The third-order valence-electron chi connectivity index (χ3n) is 0.167. The molecule has 0 rings (SSSR count). The molecule has 3 heteroatoms. The fourth-order valence-electron chi connectivity index (χ4n) is 0. The van der Waals surface area contributed by atoms with Gasteiger partial charge in [0.05, 0.1) is 6.73 Å². The summed E-state index contributed by atoms with van der Waals surface area (Å²) in [6, 6.07) is 0. The minimum atomic E-state index is 0. The second-order valence-electron chi connectivity index (χ2n) is 0.455. The monoisotopic (exact) mass is 141 g/mol. The Morgan fingerprint density at radius 2 is 2.00 bits per heavy atom. The van der Waals surface area contributed by atoms with Crippen molar-refractivity contribution in [1.29, 1.82) is 0 Å². The van der Waals surface area contributed by atoms with E-state index in [0.717, 1.165) is 0 Å². The Morgan fingerprint density at radius 3 is 2.00 bits per heavy atom. The number of rotatable bonds is 1. The van der Waals surface area contributed by atoms with Crippen molar-refractivity contribution in [3.63, 3.8) is 0 Å². The molecule has 0 amide bonds. The van der Waals surface area contributed by atoms with E-state index in [1.54, 1.807) is 7.11 Å². The summed E-state index contributed by atoms with van der Waals surface area (Å²) >= 11 is 0. The Bertz CT molecular complexity index is 11.6. The van der Waals surface area contributed by atoms with Gasteiger partial charge in [-0.1, -0.05) is 0 Å². The maximum Gasteiger partial charge on any atom is 0.0936 e. The Balaban J connectivity index is 0. The molecule has 0 radical (unpaired) electrons. The smallest absolute Gasteiger partial charge is 0.0936 e. The van der Waals surface area contributed by atoms with Crippen LogP contribution >= 0.6 is 17.0 Å². The molecule has 0 aliphatic carbocycles. The van der Waals surface area contributed by atoms with Gasteiger partial charge in [0.25, 0.3) is 0 Å². The number of hydrogen-bond donors (Lipinski definition) is 1. The fourth-order valence-corrected chi connectivity index (χ4v) is 0. The molecule has 0 saturated carbocycles. The van der Waals surface area contributed by atoms with E-state index in [0.29, 0.717) is 6.73 Å². The summed E-state index contributed by atoms with van der Waals surface area (Å²) < 4.78 is 4.32. The van der Waals surface area contributed by atoms with Crippen LogP contribution in [0.15, 0.2) is 0 Å². The standard InChI is InChI=1S/C2H7NO.BrH/c1-4-2-3;/h2-3H2,1H3;1H. The van der Waals surface area contributed by atoms with E-state index in [4.69, 9.17) is 5.73 Å². The molecule has 2 N–H and O–H groups in total. The first-order valence-electron chi connectivity index (χ1n) is 1.11. The SMILES string of the molecule is Br.COCN. The van der Waals surface area contributed by atoms with Crippen molar-refractivity contribution in [2.45, 2.75) is 0 Å². The molecular weight excluding hydrogens is 134 g/mol. The summed E-state index contributed by atoms with van der Waals surface area (Å²) in [5.74, 6) is 0. The maximum absolute atomic E-state index is 4.81. The van der Waals surface area contributed by atoms with Crippen molar-refractivity contribution < 1.29 is 4.74 Å². The molecule has 0 aliphatic heterocycles. The molecule has 2 nitrogen and oxygen atoms in total. The van der Waals surface area contributed by atoms with Crippen LogP contribution in [0.25, 0.3) is 0 Å². The van der Waals surface area contributed by atoms with Crippen molar-refractivity contribution in [2.75, 3.05) is 13.8 Å². The molecule has 34 valence electrons. The predicted octanol–water partition coefficient (Wildman–Crippen LogP) is 0.127. The molecule has 0 atom stereocenters. The van der Waals surface area contributed by atoms with Crippen molar-refractivity contribution in [3.05, 3.63) is 0 Å². The van der Waals surface area contributed by atoms with Crippen LogP contribution in [0.3, 0.4) is 0 Å². The minimum Gasteiger partial charge on any atom is -0.370 e. The molecule has 0 heterocycles. The Morgan fingerprint density at radius 1 is 1.80 bits per heavy atom. The van der Waals surface area contributed by atoms with E-state index >= 15 is 0 Å². The Hall–Kier alpha value is 0.400. The molecule has 0 aromatic heterocycles. The second-order valence-corrected chi connectivity index (χ2v) is 0.455. The van der Waals surface area contributed by atoms with Gasteiger partial charge in [0.1, 0.15) is 0 Å². The van der Waals surface area contributed by atoms with E-state index in [2.05, 4.69) is 4.74 Å². The summed E-state index contributed by atoms with van der Waals surface area (Å²) in [5, 5.41) is 0. The van der Waals surface area contributed by atoms with Gasteiger partial charge in [-0.25, -0.2) is 0 Å². The highest BCUT2D eigenvalue weighted by atomic mass is 79.9. The van der Waals surface area contributed by atoms with Crippen LogP contribution in [-0.2, 0) is 4.74 Å². The zero-order valence-electron chi connectivity index (χ0n) is 3.10. The van der Waals surface area contributed by atoms with Crippen LogP contribution in [0.4, 0.5) is 0 Å². The molecule has 0 aromatic carbocycles. The van der Waals surface area contributed by atoms with Gasteiger partial charge in [-0.15, -0.1) is 17.0 Å². The largest absolute Gasteiger partial charge is 0.370 e. The van der Waals surface area contributed by atoms with Crippen LogP contribution < -0.4 is 5.73 Å². The highest BCUT2D eigenvalue weighted by Gasteiger charge is 1.50. The number of ether oxygens (including phenoxy) is 1. The molecule has 0 unspecified atom stereocenters. The number of methoxy groups -OCH3 is 1. The number of nitrogens with two attached hydrogens (primary N) is 1. The third-order valence-corrected chi connectivity index (χ3v) is 0.167. The summed E-state index contributed by atoms with van der Waals surface area (Å²) in [5.41, 5.74) is 4.81. The lowest BCUT2D eigenvalue weighted by Gasteiger charge is -1.77. The fraction of sp³-hybridized carbons (Fsp3) is 1.00. The van der Waals surface area contributed by atoms with Gasteiger partial charge in [0.2, 0.25) is 0 Å². The number of hydrogen-bond acceptors (Lipinski definition) is 2. The maximum atomic E-state index is 4.81. The molecule has 0 fully saturated rings. The number of halogens is 1. The molecule has 0 spiro atoms. The van der Waals surface area contributed by atoms with E-state index in [-0.39, 0.29) is 17.0 Å². The van der Waals surface area contributed by atoms with E-state index in [1.807, 2.05) is 0 Å². The van der Waals surface area contributed by atoms with Crippen molar-refractivity contribution in [1.82, 2.24) is 0 Å². The van der Waals surface area contributed by atoms with Crippen molar-refractivity contribution in [3.8, 4) is 0 Å². The zero-order chi connectivity index (χ0) is 3.41. The van der Waals surface area contributed by atoms with E-state index in [1.165, 1.54) is 0 Å². The van der Waals surface area contributed by atoms with Crippen molar-refractivity contribution >= 4 is 17.0 Å². The highest BCUT2D eigenvalue weighted by Crippen LogP contribution is 1.40. The molecule has 0 bridgehead atoms. The third kappa shape index (κ3) is 12.9. The summed E-state index contributed by atoms with van der Waals surface area (Å²) in [7, 11) is 1.56. The van der Waals surface area contributed by atoms with Gasteiger partial charge < -0.3 is 10.5 Å². The lowest BCUT2D eigenvalue weighted by Crippen LogP contribution is -1.98. The lowest BCUT2D eigenvalue weighted by atomic mass is 11.3. The first-order valence-corrected chi connectivity index (χ1v) is 1.11. The topological polar surface area (TPSA) is 35.2 Å². The average Bonchev–Trinajstić information content (AvgIpc) is 1.37. The van der Waals surface area contributed by atoms with Gasteiger partial charge in [-0.3, -0.25) is 0 Å². The van der Waals surface area contributed by atoms with Gasteiger partial charge in [-0.2, -0.15) is 0 Å². The summed E-state index contributed by atoms with van der Waals surface area (Å²) in [6.45, 7) is 0.319. The van der Waals surface area contributed by atoms with Crippen LogP contribution in [-0.4, -0.2) is 13.8 Å². The zero-order valence-corrected chi connectivity index (χ0v) is 4.81. The first kappa shape index (κ1) is 9.04. The first-order chi connectivity index (χ1) is 1.91. The molecule has 0 aliphatic rings. The van der Waals surface area contributed by atoms with Gasteiger partial charge in [0, 0.05) is 7.11 Å². The second kappa shape index (κ2) is 8.83. The normalized spacial score (nSPS) is 6.00. The van der Waals surface area contributed by atoms with Crippen LogP contribution in [0.5, 0.6) is 0 Å². The Labute approximate surface area is 42.1 Å². The lowest BCUT2D eigenvalue weighted by molar-refractivity contribution is 0.207. The van der Waals surface area contributed by atoms with E-state index in [9.17, 15) is 0 Å². The summed E-state index contributed by atoms with van der Waals surface area (Å²) in [6.07, 6.45) is 0. The predicted molar refractivity (Wildman–Crippen MR) is 26.4 cm³/mol. The van der Waals surface area contributed by atoms with Crippen LogP contribution in [0, 0.1) is 0 Å². The molecular formula is C2H8BrNO. The van der Waals surface area contributed by atoms with Crippen LogP contribution in [0.1, 0.15) is 0 Å². The van der Waals surface area contributed by atoms with Crippen LogP contribution in [0.2, 0.25) is 0 Å². The highest BCUT2D eigenvalue weighted by molar-refractivity contribution is 8.93. The summed E-state index contributed by atoms with van der Waals surface area (Å²) in [4.78, 5) is 0. The Kier molecular flexibility index (Phi) is 16.0. The molecule has 0 saturated heterocycles. The molecule has 5 heavy (non-hydrogen) atoms. The quantitative estimate of drug-likeness (QED) is 0.528. The van der Waals surface area contributed by atoms with Gasteiger partial charge in [-0.05, 0) is 0 Å². The van der Waals surface area contributed by atoms with Crippen molar-refractivity contribution in [2.24, 2.45) is 5.73 Å². The van der Waals surface area contributed by atoms with Gasteiger partial charge in [0.15, 0.2) is 0 Å². The molecule has 0 aromatic rings. The van der Waals surface area contributed by atoms with E-state index < -0.39 is 0 Å². The minimum absolute atomic E-state index is 0. The van der Waals surface area contributed by atoms with Gasteiger partial charge >= 0.3 is 0 Å². The average molecular weight is 142 g/mol.